The van der Waals surface area contributed by atoms with Gasteiger partial charge in [0.25, 0.3) is 0 Å². The lowest BCUT2D eigenvalue weighted by Crippen LogP contribution is -2.24. The van der Waals surface area contributed by atoms with Crippen LogP contribution in [-0.2, 0) is 4.79 Å². The molecule has 1 heterocycles. The Morgan fingerprint density at radius 1 is 1.41 bits per heavy atom. The number of hydrogen-bond acceptors (Lipinski definition) is 3. The maximum absolute atomic E-state index is 12.6. The third-order valence-electron chi connectivity index (χ3n) is 1.94. The number of carbonyl (C=O) groups is 1. The summed E-state index contributed by atoms with van der Waals surface area (Å²) in [6.45, 7) is 1.12. The lowest BCUT2D eigenvalue weighted by Gasteiger charge is -2.15. The largest absolute Gasteiger partial charge is 0.490 e. The van der Waals surface area contributed by atoms with Crippen molar-refractivity contribution in [2.45, 2.75) is 19.0 Å². The predicted molar refractivity (Wildman–Crippen MR) is 51.0 cm³/mol. The van der Waals surface area contributed by atoms with Crippen LogP contribution in [0, 0.1) is 0 Å². The van der Waals surface area contributed by atoms with Gasteiger partial charge in [-0.1, -0.05) is 0 Å². The Balaban J connectivity index is 0.000000325. The number of hydrogen-bond donors (Lipinski definition) is 3. The lowest BCUT2D eigenvalue weighted by atomic mass is 10.1. The molecule has 1 rings (SSSR count). The van der Waals surface area contributed by atoms with Crippen molar-refractivity contribution in [2.24, 2.45) is 0 Å². The molecule has 8 heteroatoms. The Kier molecular flexibility index (Phi) is 6.74. The highest BCUT2D eigenvalue weighted by molar-refractivity contribution is 5.73. The number of carboxylic acid groups (broad SMARTS) is 1. The van der Waals surface area contributed by atoms with Crippen molar-refractivity contribution in [3.05, 3.63) is 11.4 Å². The molecule has 0 aromatic rings. The van der Waals surface area contributed by atoms with Crippen LogP contribution in [0.1, 0.15) is 12.8 Å². The number of nitrogens with one attached hydrogen (secondary N) is 1. The summed E-state index contributed by atoms with van der Waals surface area (Å²) in [5.41, 5.74) is 0.730. The monoisotopic (exact) mass is 259 g/mol. The fraction of sp³-hybridized carbons (Fsp3) is 0.667. The van der Waals surface area contributed by atoms with E-state index in [4.69, 9.17) is 15.0 Å². The predicted octanol–water partition coefficient (Wildman–Crippen LogP) is 1.22. The van der Waals surface area contributed by atoms with E-state index in [2.05, 4.69) is 5.32 Å². The normalized spacial score (nSPS) is 19.1. The fourth-order valence-electron chi connectivity index (χ4n) is 1.10. The van der Waals surface area contributed by atoms with E-state index in [1.54, 1.807) is 0 Å². The number of halogens is 4. The minimum Gasteiger partial charge on any atom is -0.475 e. The molecular weight excluding hydrogens is 246 g/mol. The molecule has 1 aliphatic rings. The summed E-state index contributed by atoms with van der Waals surface area (Å²) in [7, 11) is 0. The fourth-order valence-corrected chi connectivity index (χ4v) is 1.10. The molecule has 1 saturated heterocycles. The van der Waals surface area contributed by atoms with E-state index in [9.17, 15) is 17.6 Å². The quantitative estimate of drug-likeness (QED) is 0.619. The third kappa shape index (κ3) is 6.90. The van der Waals surface area contributed by atoms with Crippen molar-refractivity contribution in [2.75, 3.05) is 19.7 Å². The van der Waals surface area contributed by atoms with Gasteiger partial charge in [-0.05, 0) is 25.0 Å². The third-order valence-corrected chi connectivity index (χ3v) is 1.94. The van der Waals surface area contributed by atoms with Crippen LogP contribution in [0.15, 0.2) is 11.4 Å². The van der Waals surface area contributed by atoms with Gasteiger partial charge in [0.15, 0.2) is 0 Å². The van der Waals surface area contributed by atoms with Gasteiger partial charge in [0.05, 0.1) is 6.61 Å². The van der Waals surface area contributed by atoms with Gasteiger partial charge < -0.3 is 15.5 Å². The van der Waals surface area contributed by atoms with Crippen LogP contribution in [0.2, 0.25) is 0 Å². The van der Waals surface area contributed by atoms with Gasteiger partial charge in [-0.3, -0.25) is 0 Å². The van der Waals surface area contributed by atoms with Gasteiger partial charge in [-0.25, -0.2) is 9.18 Å². The first kappa shape index (κ1) is 15.9. The SMILES string of the molecule is O=C(O)C(F)(F)F.OC/C(F)=C1/CCCNC1. The summed E-state index contributed by atoms with van der Waals surface area (Å²) in [6.07, 6.45) is -3.32. The maximum Gasteiger partial charge on any atom is 0.490 e. The minimum atomic E-state index is -5.08. The molecular formula is C9H13F4NO3. The van der Waals surface area contributed by atoms with Crippen LogP contribution in [0.25, 0.3) is 0 Å². The Labute approximate surface area is 94.9 Å². The van der Waals surface area contributed by atoms with Gasteiger partial charge in [0.1, 0.15) is 5.83 Å². The maximum atomic E-state index is 12.6. The Morgan fingerprint density at radius 3 is 2.24 bits per heavy atom. The summed E-state index contributed by atoms with van der Waals surface area (Å²) in [4.78, 5) is 8.90. The average Bonchev–Trinajstić information content (AvgIpc) is 2.28. The van der Waals surface area contributed by atoms with E-state index >= 15 is 0 Å². The number of rotatable bonds is 1. The van der Waals surface area contributed by atoms with Gasteiger partial charge in [-0.15, -0.1) is 0 Å². The molecule has 0 unspecified atom stereocenters. The Morgan fingerprint density at radius 2 is 1.94 bits per heavy atom. The van der Waals surface area contributed by atoms with Crippen molar-refractivity contribution in [1.29, 1.82) is 0 Å². The minimum absolute atomic E-state index is 0.354. The molecule has 0 aromatic carbocycles. The van der Waals surface area contributed by atoms with Crippen LogP contribution >= 0.6 is 0 Å². The number of piperidine rings is 1. The van der Waals surface area contributed by atoms with E-state index in [0.29, 0.717) is 6.54 Å². The zero-order valence-electron chi connectivity index (χ0n) is 8.85. The molecule has 0 spiro atoms. The van der Waals surface area contributed by atoms with Gasteiger partial charge in [0.2, 0.25) is 0 Å². The summed E-state index contributed by atoms with van der Waals surface area (Å²) in [6, 6.07) is 0. The van der Waals surface area contributed by atoms with Crippen molar-refractivity contribution in [1.82, 2.24) is 5.32 Å². The topological polar surface area (TPSA) is 69.6 Å². The average molecular weight is 259 g/mol. The van der Waals surface area contributed by atoms with E-state index in [1.165, 1.54) is 0 Å². The molecule has 17 heavy (non-hydrogen) atoms. The summed E-state index contributed by atoms with van der Waals surface area (Å²) in [5, 5.41) is 18.6. The van der Waals surface area contributed by atoms with Crippen molar-refractivity contribution in [3.8, 4) is 0 Å². The number of carboxylic acids is 1. The Hall–Kier alpha value is -1.15. The van der Waals surface area contributed by atoms with E-state index in [0.717, 1.165) is 25.0 Å². The smallest absolute Gasteiger partial charge is 0.475 e. The highest BCUT2D eigenvalue weighted by Gasteiger charge is 2.38. The van der Waals surface area contributed by atoms with Gasteiger partial charge in [-0.2, -0.15) is 13.2 Å². The van der Waals surface area contributed by atoms with Crippen molar-refractivity contribution in [3.63, 3.8) is 0 Å². The first-order chi connectivity index (χ1) is 7.79. The van der Waals surface area contributed by atoms with Gasteiger partial charge >= 0.3 is 12.1 Å². The lowest BCUT2D eigenvalue weighted by molar-refractivity contribution is -0.192. The molecule has 1 fully saturated rings. The summed E-state index contributed by atoms with van der Waals surface area (Å²) < 4.78 is 44.3. The molecule has 0 radical (unpaired) electrons. The number of aliphatic carboxylic acids is 1. The molecule has 0 amide bonds. The molecule has 100 valence electrons. The van der Waals surface area contributed by atoms with Crippen LogP contribution < -0.4 is 5.32 Å². The molecule has 0 saturated carbocycles. The summed E-state index contributed by atoms with van der Waals surface area (Å²) >= 11 is 0. The number of aliphatic hydroxyl groups excluding tert-OH is 1. The molecule has 0 aliphatic carbocycles. The van der Waals surface area contributed by atoms with E-state index < -0.39 is 18.8 Å². The van der Waals surface area contributed by atoms with Crippen molar-refractivity contribution < 1.29 is 32.6 Å². The van der Waals surface area contributed by atoms with E-state index in [-0.39, 0.29) is 5.83 Å². The molecule has 4 nitrogen and oxygen atoms in total. The Bertz CT molecular complexity index is 280. The first-order valence-electron chi connectivity index (χ1n) is 4.77. The second kappa shape index (κ2) is 7.23. The number of aliphatic hydroxyl groups is 1. The highest BCUT2D eigenvalue weighted by atomic mass is 19.4. The molecule has 0 atom stereocenters. The molecule has 0 aromatic heterocycles. The molecule has 0 bridgehead atoms. The molecule has 1 aliphatic heterocycles. The highest BCUT2D eigenvalue weighted by Crippen LogP contribution is 2.14. The van der Waals surface area contributed by atoms with Gasteiger partial charge in [0, 0.05) is 6.54 Å². The number of alkyl halides is 3. The van der Waals surface area contributed by atoms with E-state index in [1.807, 2.05) is 0 Å². The first-order valence-corrected chi connectivity index (χ1v) is 4.77. The van der Waals surface area contributed by atoms with Crippen molar-refractivity contribution >= 4 is 5.97 Å². The second-order valence-electron chi connectivity index (χ2n) is 3.25. The van der Waals surface area contributed by atoms with Crippen LogP contribution in [0.4, 0.5) is 17.6 Å². The zero-order valence-corrected chi connectivity index (χ0v) is 8.85. The molecule has 3 N–H and O–H groups in total. The van der Waals surface area contributed by atoms with Crippen LogP contribution in [-0.4, -0.2) is 42.1 Å². The summed E-state index contributed by atoms with van der Waals surface area (Å²) in [5.74, 6) is -3.11. The van der Waals surface area contributed by atoms with Crippen LogP contribution in [0.5, 0.6) is 0 Å². The zero-order chi connectivity index (χ0) is 13.5. The standard InChI is InChI=1S/C7H12FNO.C2HF3O2/c8-7(5-10)6-2-1-3-9-4-6;3-2(4,5)1(6)7/h9-10H,1-5H2;(H,6,7)/b7-6+;. The second-order valence-corrected chi connectivity index (χ2v) is 3.25. The van der Waals surface area contributed by atoms with Crippen LogP contribution in [0.3, 0.4) is 0 Å².